The molecule has 0 atom stereocenters. The van der Waals surface area contributed by atoms with Crippen molar-refractivity contribution >= 4 is 5.69 Å². The predicted octanol–water partition coefficient (Wildman–Crippen LogP) is 2.64. The fourth-order valence-electron chi connectivity index (χ4n) is 2.09. The molecule has 1 aromatic carbocycles. The SMILES string of the molecule is NCc1ccc(NC2CCCC2)c(F)c1. The second-order valence-electron chi connectivity index (χ2n) is 4.14. The molecule has 0 heterocycles. The molecule has 2 nitrogen and oxygen atoms in total. The molecular weight excluding hydrogens is 191 g/mol. The molecule has 3 heteroatoms. The van der Waals surface area contributed by atoms with Gasteiger partial charge in [0, 0.05) is 12.6 Å². The number of nitrogens with one attached hydrogen (secondary N) is 1. The Hall–Kier alpha value is -1.09. The van der Waals surface area contributed by atoms with E-state index in [4.69, 9.17) is 5.73 Å². The van der Waals surface area contributed by atoms with Crippen molar-refractivity contribution in [2.24, 2.45) is 5.73 Å². The van der Waals surface area contributed by atoms with E-state index in [1.54, 1.807) is 6.07 Å². The van der Waals surface area contributed by atoms with Crippen molar-refractivity contribution in [2.45, 2.75) is 38.3 Å². The Kier molecular flexibility index (Phi) is 3.21. The third-order valence-corrected chi connectivity index (χ3v) is 2.98. The normalized spacial score (nSPS) is 16.9. The maximum Gasteiger partial charge on any atom is 0.146 e. The van der Waals surface area contributed by atoms with Gasteiger partial charge in [-0.2, -0.15) is 0 Å². The highest BCUT2D eigenvalue weighted by Gasteiger charge is 2.15. The number of benzene rings is 1. The molecule has 0 aliphatic heterocycles. The second-order valence-corrected chi connectivity index (χ2v) is 4.14. The van der Waals surface area contributed by atoms with Crippen LogP contribution < -0.4 is 11.1 Å². The number of hydrogen-bond donors (Lipinski definition) is 2. The summed E-state index contributed by atoms with van der Waals surface area (Å²) in [4.78, 5) is 0. The molecule has 0 bridgehead atoms. The van der Waals surface area contributed by atoms with E-state index in [0.717, 1.165) is 18.4 Å². The van der Waals surface area contributed by atoms with Crippen molar-refractivity contribution in [1.82, 2.24) is 0 Å². The molecule has 0 radical (unpaired) electrons. The highest BCUT2D eigenvalue weighted by atomic mass is 19.1. The Morgan fingerprint density at radius 1 is 1.33 bits per heavy atom. The van der Waals surface area contributed by atoms with Gasteiger partial charge in [-0.15, -0.1) is 0 Å². The molecule has 1 aromatic rings. The van der Waals surface area contributed by atoms with Gasteiger partial charge in [-0.25, -0.2) is 4.39 Å². The van der Waals surface area contributed by atoms with Crippen molar-refractivity contribution in [1.29, 1.82) is 0 Å². The zero-order valence-electron chi connectivity index (χ0n) is 8.80. The molecule has 3 N–H and O–H groups in total. The van der Waals surface area contributed by atoms with E-state index in [1.807, 2.05) is 6.07 Å². The largest absolute Gasteiger partial charge is 0.380 e. The van der Waals surface area contributed by atoms with Crippen LogP contribution in [0, 0.1) is 5.82 Å². The van der Waals surface area contributed by atoms with Gasteiger partial charge in [0.15, 0.2) is 0 Å². The van der Waals surface area contributed by atoms with Crippen LogP contribution in [0.15, 0.2) is 18.2 Å². The van der Waals surface area contributed by atoms with Crippen LogP contribution >= 0.6 is 0 Å². The summed E-state index contributed by atoms with van der Waals surface area (Å²) in [7, 11) is 0. The summed E-state index contributed by atoms with van der Waals surface area (Å²) in [5.41, 5.74) is 6.89. The maximum atomic E-state index is 13.6. The molecule has 2 rings (SSSR count). The van der Waals surface area contributed by atoms with Crippen molar-refractivity contribution in [3.63, 3.8) is 0 Å². The first-order valence-corrected chi connectivity index (χ1v) is 5.54. The van der Waals surface area contributed by atoms with E-state index in [0.29, 0.717) is 18.3 Å². The average Bonchev–Trinajstić information content (AvgIpc) is 2.74. The van der Waals surface area contributed by atoms with Gasteiger partial charge in [-0.1, -0.05) is 18.9 Å². The Morgan fingerprint density at radius 2 is 2.07 bits per heavy atom. The minimum Gasteiger partial charge on any atom is -0.380 e. The molecule has 0 aromatic heterocycles. The molecule has 0 amide bonds. The standard InChI is InChI=1S/C12H17FN2/c13-11-7-9(8-14)5-6-12(11)15-10-3-1-2-4-10/h5-7,10,15H,1-4,8,14H2. The van der Waals surface area contributed by atoms with Crippen LogP contribution in [0.1, 0.15) is 31.2 Å². The summed E-state index contributed by atoms with van der Waals surface area (Å²) in [6, 6.07) is 5.62. The third-order valence-electron chi connectivity index (χ3n) is 2.98. The van der Waals surface area contributed by atoms with Crippen LogP contribution in [0.4, 0.5) is 10.1 Å². The van der Waals surface area contributed by atoms with Crippen LogP contribution in [-0.2, 0) is 6.54 Å². The molecule has 0 saturated heterocycles. The minimum atomic E-state index is -0.190. The van der Waals surface area contributed by atoms with Gasteiger partial charge >= 0.3 is 0 Å². The number of anilines is 1. The lowest BCUT2D eigenvalue weighted by Gasteiger charge is -2.14. The zero-order valence-corrected chi connectivity index (χ0v) is 8.80. The molecule has 0 spiro atoms. The Labute approximate surface area is 89.7 Å². The highest BCUT2D eigenvalue weighted by Crippen LogP contribution is 2.24. The van der Waals surface area contributed by atoms with Crippen LogP contribution in [0.2, 0.25) is 0 Å². The summed E-state index contributed by atoms with van der Waals surface area (Å²) in [6.45, 7) is 0.390. The topological polar surface area (TPSA) is 38.0 Å². The minimum absolute atomic E-state index is 0.190. The fourth-order valence-corrected chi connectivity index (χ4v) is 2.09. The third kappa shape index (κ3) is 2.48. The molecular formula is C12H17FN2. The average molecular weight is 208 g/mol. The van der Waals surface area contributed by atoms with E-state index in [-0.39, 0.29) is 5.82 Å². The molecule has 1 fully saturated rings. The molecule has 82 valence electrons. The number of rotatable bonds is 3. The summed E-state index contributed by atoms with van der Waals surface area (Å²) in [5, 5.41) is 3.24. The lowest BCUT2D eigenvalue weighted by Crippen LogP contribution is -2.15. The predicted molar refractivity (Wildman–Crippen MR) is 60.2 cm³/mol. The molecule has 15 heavy (non-hydrogen) atoms. The Morgan fingerprint density at radius 3 is 2.67 bits per heavy atom. The highest BCUT2D eigenvalue weighted by molar-refractivity contribution is 5.47. The van der Waals surface area contributed by atoms with E-state index < -0.39 is 0 Å². The number of halogens is 1. The van der Waals surface area contributed by atoms with Crippen LogP contribution in [0.3, 0.4) is 0 Å². The van der Waals surface area contributed by atoms with Crippen molar-refractivity contribution in [3.8, 4) is 0 Å². The first kappa shape index (κ1) is 10.4. The number of nitrogens with two attached hydrogens (primary N) is 1. The maximum absolute atomic E-state index is 13.6. The zero-order chi connectivity index (χ0) is 10.7. The fraction of sp³-hybridized carbons (Fsp3) is 0.500. The summed E-state index contributed by atoms with van der Waals surface area (Å²) in [6.07, 6.45) is 4.80. The summed E-state index contributed by atoms with van der Waals surface area (Å²) >= 11 is 0. The van der Waals surface area contributed by atoms with Gasteiger partial charge in [0.25, 0.3) is 0 Å². The molecule has 1 saturated carbocycles. The lowest BCUT2D eigenvalue weighted by atomic mass is 10.1. The van der Waals surface area contributed by atoms with Crippen molar-refractivity contribution < 1.29 is 4.39 Å². The van der Waals surface area contributed by atoms with Gasteiger partial charge in [0.05, 0.1) is 5.69 Å². The van der Waals surface area contributed by atoms with E-state index in [2.05, 4.69) is 5.32 Å². The van der Waals surface area contributed by atoms with Crippen molar-refractivity contribution in [2.75, 3.05) is 5.32 Å². The first-order chi connectivity index (χ1) is 7.29. The Bertz CT molecular complexity index is 332. The van der Waals surface area contributed by atoms with Crippen LogP contribution in [-0.4, -0.2) is 6.04 Å². The van der Waals surface area contributed by atoms with Gasteiger partial charge in [0.1, 0.15) is 5.82 Å². The van der Waals surface area contributed by atoms with Crippen LogP contribution in [0.5, 0.6) is 0 Å². The lowest BCUT2D eigenvalue weighted by molar-refractivity contribution is 0.622. The van der Waals surface area contributed by atoms with E-state index in [9.17, 15) is 4.39 Å². The quantitative estimate of drug-likeness (QED) is 0.801. The monoisotopic (exact) mass is 208 g/mol. The second kappa shape index (κ2) is 4.62. The molecule has 0 unspecified atom stereocenters. The Balaban J connectivity index is 2.07. The van der Waals surface area contributed by atoms with Gasteiger partial charge in [-0.05, 0) is 30.5 Å². The molecule has 1 aliphatic carbocycles. The van der Waals surface area contributed by atoms with Crippen LogP contribution in [0.25, 0.3) is 0 Å². The smallest absolute Gasteiger partial charge is 0.146 e. The van der Waals surface area contributed by atoms with Crippen molar-refractivity contribution in [3.05, 3.63) is 29.6 Å². The summed E-state index contributed by atoms with van der Waals surface area (Å²) < 4.78 is 13.6. The van der Waals surface area contributed by atoms with Gasteiger partial charge in [-0.3, -0.25) is 0 Å². The van der Waals surface area contributed by atoms with Gasteiger partial charge < -0.3 is 11.1 Å². The van der Waals surface area contributed by atoms with E-state index in [1.165, 1.54) is 18.9 Å². The molecule has 1 aliphatic rings. The van der Waals surface area contributed by atoms with E-state index >= 15 is 0 Å². The first-order valence-electron chi connectivity index (χ1n) is 5.54. The summed E-state index contributed by atoms with van der Waals surface area (Å²) in [5.74, 6) is -0.190. The number of hydrogen-bond acceptors (Lipinski definition) is 2. The van der Waals surface area contributed by atoms with Gasteiger partial charge in [0.2, 0.25) is 0 Å².